The number of hydrogen-bond acceptors (Lipinski definition) is 5. The van der Waals surface area contributed by atoms with Gasteiger partial charge in [-0.15, -0.1) is 0 Å². The number of imide groups is 1. The van der Waals surface area contributed by atoms with E-state index in [1.54, 1.807) is 0 Å². The highest BCUT2D eigenvalue weighted by Crippen LogP contribution is 2.40. The lowest BCUT2D eigenvalue weighted by Gasteiger charge is -2.34. The van der Waals surface area contributed by atoms with Gasteiger partial charge in [-0.2, -0.15) is 13.2 Å². The highest BCUT2D eigenvalue weighted by atomic mass is 35.5. The van der Waals surface area contributed by atoms with Gasteiger partial charge in [0.1, 0.15) is 0 Å². The number of nitrogens with two attached hydrogens (primary N) is 1. The summed E-state index contributed by atoms with van der Waals surface area (Å²) in [5.41, 5.74) is 5.52. The van der Waals surface area contributed by atoms with Gasteiger partial charge in [0.05, 0.1) is 21.2 Å². The van der Waals surface area contributed by atoms with Crippen LogP contribution in [0, 0.1) is 0 Å². The van der Waals surface area contributed by atoms with Crippen molar-refractivity contribution in [2.75, 3.05) is 18.0 Å². The minimum absolute atomic E-state index is 0.0281. The maximum atomic E-state index is 13.2. The molecular weight excluding hydrogens is 391 g/mol. The third-order valence-electron chi connectivity index (χ3n) is 4.20. The average Bonchev–Trinajstić information content (AvgIpc) is 2.85. The molecule has 1 aromatic rings. The van der Waals surface area contributed by atoms with Crippen molar-refractivity contribution in [1.82, 2.24) is 5.32 Å². The second kappa shape index (κ2) is 7.13. The van der Waals surface area contributed by atoms with Crippen molar-refractivity contribution in [3.63, 3.8) is 0 Å². The van der Waals surface area contributed by atoms with Crippen molar-refractivity contribution in [3.05, 3.63) is 33.2 Å². The quantitative estimate of drug-likeness (QED) is 0.735. The molecule has 0 unspecified atom stereocenters. The first-order chi connectivity index (χ1) is 12.1. The third-order valence-corrected chi connectivity index (χ3v) is 5.30. The van der Waals surface area contributed by atoms with E-state index in [1.807, 2.05) is 4.90 Å². The largest absolute Gasteiger partial charge is 0.416 e. The van der Waals surface area contributed by atoms with Gasteiger partial charge in [-0.3, -0.25) is 14.9 Å². The molecule has 0 saturated carbocycles. The minimum Gasteiger partial charge on any atom is -0.370 e. The lowest BCUT2D eigenvalue weighted by molar-refractivity contribution is -0.137. The topological polar surface area (TPSA) is 75.4 Å². The molecule has 2 aliphatic rings. The third kappa shape index (κ3) is 3.99. The number of halogens is 4. The second-order valence-corrected chi connectivity index (χ2v) is 7.49. The molecule has 3 rings (SSSR count). The average molecular weight is 406 g/mol. The van der Waals surface area contributed by atoms with Gasteiger partial charge >= 0.3 is 6.18 Å². The van der Waals surface area contributed by atoms with Crippen molar-refractivity contribution >= 4 is 46.3 Å². The first kappa shape index (κ1) is 19.1. The van der Waals surface area contributed by atoms with Gasteiger partial charge in [-0.05, 0) is 42.8 Å². The summed E-state index contributed by atoms with van der Waals surface area (Å²) in [6, 6.07) is 1.86. The van der Waals surface area contributed by atoms with Crippen LogP contribution in [0.15, 0.2) is 17.0 Å². The fraction of sp³-hybridized carbons (Fsp3) is 0.375. The van der Waals surface area contributed by atoms with Crippen LogP contribution in [0.1, 0.15) is 24.0 Å². The van der Waals surface area contributed by atoms with Gasteiger partial charge in [-0.1, -0.05) is 11.6 Å². The van der Waals surface area contributed by atoms with E-state index >= 15 is 0 Å². The Morgan fingerprint density at radius 2 is 1.92 bits per heavy atom. The molecule has 3 N–H and O–H groups in total. The summed E-state index contributed by atoms with van der Waals surface area (Å²) in [4.78, 5) is 25.0. The fourth-order valence-electron chi connectivity index (χ4n) is 2.91. The first-order valence-corrected chi connectivity index (χ1v) is 9.00. The number of amides is 2. The zero-order valence-corrected chi connectivity index (χ0v) is 15.0. The SMILES string of the molecule is NC1CCN(c2c(Cl)cc(C(F)(F)F)cc2C=C2SC(=O)NC2=O)CC1. The molecule has 0 aliphatic carbocycles. The van der Waals surface area contributed by atoms with Crippen molar-refractivity contribution in [1.29, 1.82) is 0 Å². The molecule has 0 aromatic heterocycles. The predicted octanol–water partition coefficient (Wildman–Crippen LogP) is 3.61. The van der Waals surface area contributed by atoms with Crippen LogP contribution in [0.3, 0.4) is 0 Å². The number of nitrogens with zero attached hydrogens (tertiary/aromatic N) is 1. The van der Waals surface area contributed by atoms with E-state index in [0.29, 0.717) is 43.4 Å². The van der Waals surface area contributed by atoms with Crippen LogP contribution in [-0.4, -0.2) is 30.3 Å². The zero-order valence-electron chi connectivity index (χ0n) is 13.4. The number of nitrogens with one attached hydrogen (secondary N) is 1. The Bertz CT molecular complexity index is 790. The number of thioether (sulfide) groups is 1. The number of rotatable bonds is 2. The van der Waals surface area contributed by atoms with E-state index in [1.165, 1.54) is 6.08 Å². The molecule has 1 aromatic carbocycles. The Labute approximate surface area is 156 Å². The standard InChI is InChI=1S/C16H15ClF3N3O2S/c17-11-7-9(16(18,19)20)5-8(6-12-14(24)22-15(25)26-12)13(11)23-3-1-10(21)2-4-23/h5-7,10H,1-4,21H2,(H,22,24,25). The highest BCUT2D eigenvalue weighted by Gasteiger charge is 2.34. The van der Waals surface area contributed by atoms with Gasteiger partial charge in [0, 0.05) is 24.7 Å². The van der Waals surface area contributed by atoms with Crippen LogP contribution < -0.4 is 16.0 Å². The van der Waals surface area contributed by atoms with Crippen molar-refractivity contribution in [2.45, 2.75) is 25.1 Å². The smallest absolute Gasteiger partial charge is 0.370 e. The van der Waals surface area contributed by atoms with E-state index < -0.39 is 22.9 Å². The number of carbonyl (C=O) groups is 2. The number of carbonyl (C=O) groups excluding carboxylic acids is 2. The molecule has 2 aliphatic heterocycles. The Kier molecular flexibility index (Phi) is 5.23. The molecule has 10 heteroatoms. The summed E-state index contributed by atoms with van der Waals surface area (Å²) in [5.74, 6) is -0.639. The number of piperidine rings is 1. The molecule has 0 radical (unpaired) electrons. The number of anilines is 1. The fourth-order valence-corrected chi connectivity index (χ4v) is 3.93. The van der Waals surface area contributed by atoms with Crippen molar-refractivity contribution in [3.8, 4) is 0 Å². The molecule has 2 heterocycles. The highest BCUT2D eigenvalue weighted by molar-refractivity contribution is 8.18. The molecule has 140 valence electrons. The van der Waals surface area contributed by atoms with Gasteiger partial charge in [0.15, 0.2) is 0 Å². The monoisotopic (exact) mass is 405 g/mol. The Hall–Kier alpha value is -1.71. The van der Waals surface area contributed by atoms with E-state index in [9.17, 15) is 22.8 Å². The molecule has 0 bridgehead atoms. The molecule has 2 fully saturated rings. The van der Waals surface area contributed by atoms with Crippen LogP contribution in [0.25, 0.3) is 6.08 Å². The molecular formula is C16H15ClF3N3O2S. The van der Waals surface area contributed by atoms with E-state index in [4.69, 9.17) is 17.3 Å². The summed E-state index contributed by atoms with van der Waals surface area (Å²) in [6.45, 7) is 1.08. The van der Waals surface area contributed by atoms with Crippen molar-refractivity contribution < 1.29 is 22.8 Å². The summed E-state index contributed by atoms with van der Waals surface area (Å²) in [6.07, 6.45) is -1.95. The molecule has 5 nitrogen and oxygen atoms in total. The molecule has 0 spiro atoms. The van der Waals surface area contributed by atoms with Crippen LogP contribution in [0.4, 0.5) is 23.7 Å². The van der Waals surface area contributed by atoms with Gasteiger partial charge < -0.3 is 10.6 Å². The van der Waals surface area contributed by atoms with Gasteiger partial charge in [0.2, 0.25) is 0 Å². The number of alkyl halides is 3. The predicted molar refractivity (Wildman–Crippen MR) is 95.0 cm³/mol. The Balaban J connectivity index is 2.09. The first-order valence-electron chi connectivity index (χ1n) is 7.81. The van der Waals surface area contributed by atoms with Crippen LogP contribution >= 0.6 is 23.4 Å². The van der Waals surface area contributed by atoms with Crippen LogP contribution in [0.5, 0.6) is 0 Å². The van der Waals surface area contributed by atoms with E-state index in [-0.39, 0.29) is 21.5 Å². The molecule has 2 saturated heterocycles. The van der Waals surface area contributed by atoms with E-state index in [0.717, 1.165) is 12.1 Å². The summed E-state index contributed by atoms with van der Waals surface area (Å²) < 4.78 is 39.5. The molecule has 2 amide bonds. The van der Waals surface area contributed by atoms with Crippen molar-refractivity contribution in [2.24, 2.45) is 5.73 Å². The second-order valence-electron chi connectivity index (χ2n) is 6.07. The number of benzene rings is 1. The minimum atomic E-state index is -4.58. The lowest BCUT2D eigenvalue weighted by Crippen LogP contribution is -2.40. The van der Waals surface area contributed by atoms with Gasteiger partial charge in [-0.25, -0.2) is 0 Å². The zero-order chi connectivity index (χ0) is 19.1. The summed E-state index contributed by atoms with van der Waals surface area (Å²) in [7, 11) is 0. The maximum absolute atomic E-state index is 13.2. The summed E-state index contributed by atoms with van der Waals surface area (Å²) >= 11 is 6.83. The van der Waals surface area contributed by atoms with E-state index in [2.05, 4.69) is 5.32 Å². The van der Waals surface area contributed by atoms with Gasteiger partial charge in [0.25, 0.3) is 11.1 Å². The number of hydrogen-bond donors (Lipinski definition) is 2. The van der Waals surface area contributed by atoms with Crippen LogP contribution in [0.2, 0.25) is 5.02 Å². The molecule has 0 atom stereocenters. The lowest BCUT2D eigenvalue weighted by atomic mass is 10.0. The Morgan fingerprint density at radius 3 is 2.46 bits per heavy atom. The molecule has 26 heavy (non-hydrogen) atoms. The maximum Gasteiger partial charge on any atom is 0.416 e. The van der Waals surface area contributed by atoms with Crippen LogP contribution in [-0.2, 0) is 11.0 Å². The Morgan fingerprint density at radius 1 is 1.27 bits per heavy atom. The normalized spacial score (nSPS) is 20.8. The summed E-state index contributed by atoms with van der Waals surface area (Å²) in [5, 5.41) is 1.46.